The summed E-state index contributed by atoms with van der Waals surface area (Å²) in [6.45, 7) is 0.997. The molecule has 1 unspecified atom stereocenters. The van der Waals surface area contributed by atoms with Gasteiger partial charge in [-0.25, -0.2) is 8.78 Å². The Morgan fingerprint density at radius 1 is 1.09 bits per heavy atom. The van der Waals surface area contributed by atoms with E-state index >= 15 is 0 Å². The van der Waals surface area contributed by atoms with Gasteiger partial charge in [-0.1, -0.05) is 0 Å². The lowest BCUT2D eigenvalue weighted by Gasteiger charge is -2.32. The maximum absolute atomic E-state index is 13.6. The SMILES string of the molecule is O=COC(CN1CCOCC1)CC(F)(F)CC(F)(F)C(F)(F)F. The van der Waals surface area contributed by atoms with Crippen LogP contribution in [0.4, 0.5) is 30.7 Å². The van der Waals surface area contributed by atoms with Crippen LogP contribution in [-0.2, 0) is 14.3 Å². The molecule has 0 bridgehead atoms. The lowest BCUT2D eigenvalue weighted by molar-refractivity contribution is -0.302. The number of nitrogens with zero attached hydrogens (tertiary/aromatic N) is 1. The van der Waals surface area contributed by atoms with Gasteiger partial charge in [0.15, 0.2) is 0 Å². The number of carbonyl (C=O) groups excluding carboxylic acids is 1. The van der Waals surface area contributed by atoms with E-state index in [-0.39, 0.29) is 13.0 Å². The molecule has 0 aliphatic carbocycles. The average molecular weight is 355 g/mol. The Morgan fingerprint density at radius 2 is 1.65 bits per heavy atom. The van der Waals surface area contributed by atoms with E-state index in [1.807, 2.05) is 0 Å². The zero-order valence-corrected chi connectivity index (χ0v) is 11.9. The quantitative estimate of drug-likeness (QED) is 0.495. The first kappa shape index (κ1) is 19.9. The fourth-order valence-corrected chi connectivity index (χ4v) is 2.14. The van der Waals surface area contributed by atoms with Crippen LogP contribution in [0, 0.1) is 0 Å². The first-order valence-corrected chi connectivity index (χ1v) is 6.68. The Labute approximate surface area is 127 Å². The molecule has 1 rings (SSSR count). The van der Waals surface area contributed by atoms with Crippen LogP contribution in [-0.4, -0.2) is 68.3 Å². The summed E-state index contributed by atoms with van der Waals surface area (Å²) in [6, 6.07) is 0. The van der Waals surface area contributed by atoms with Crippen molar-refractivity contribution in [1.82, 2.24) is 4.90 Å². The standard InChI is InChI=1S/C12H16F7NO3/c13-10(14,7-11(15,16)12(17,18)19)5-9(23-8-21)6-20-1-3-22-4-2-20/h8-9H,1-7H2. The minimum Gasteiger partial charge on any atom is -0.463 e. The molecule has 1 heterocycles. The van der Waals surface area contributed by atoms with E-state index in [0.29, 0.717) is 26.3 Å². The van der Waals surface area contributed by atoms with Crippen molar-refractivity contribution in [3.05, 3.63) is 0 Å². The summed E-state index contributed by atoms with van der Waals surface area (Å²) in [4.78, 5) is 11.9. The zero-order valence-electron chi connectivity index (χ0n) is 11.9. The molecule has 0 amide bonds. The Bertz CT molecular complexity index is 383. The maximum Gasteiger partial charge on any atom is 0.453 e. The topological polar surface area (TPSA) is 38.8 Å². The smallest absolute Gasteiger partial charge is 0.453 e. The second kappa shape index (κ2) is 7.65. The third kappa shape index (κ3) is 6.50. The van der Waals surface area contributed by atoms with Crippen LogP contribution in [0.25, 0.3) is 0 Å². The van der Waals surface area contributed by atoms with Gasteiger partial charge < -0.3 is 9.47 Å². The van der Waals surface area contributed by atoms with Crippen molar-refractivity contribution in [1.29, 1.82) is 0 Å². The van der Waals surface area contributed by atoms with Crippen LogP contribution >= 0.6 is 0 Å². The highest BCUT2D eigenvalue weighted by Gasteiger charge is 2.61. The van der Waals surface area contributed by atoms with Gasteiger partial charge in [-0.3, -0.25) is 9.69 Å². The third-order valence-electron chi connectivity index (χ3n) is 3.24. The molecule has 1 aliphatic heterocycles. The molecule has 1 saturated heterocycles. The Hall–Kier alpha value is -1.10. The van der Waals surface area contributed by atoms with Gasteiger partial charge in [-0.05, 0) is 0 Å². The summed E-state index contributed by atoms with van der Waals surface area (Å²) in [5.41, 5.74) is 0. The van der Waals surface area contributed by atoms with Gasteiger partial charge in [0.25, 0.3) is 12.4 Å². The van der Waals surface area contributed by atoms with Crippen LogP contribution in [0.2, 0.25) is 0 Å². The Morgan fingerprint density at radius 3 is 2.13 bits per heavy atom. The van der Waals surface area contributed by atoms with Gasteiger partial charge in [0, 0.05) is 26.1 Å². The van der Waals surface area contributed by atoms with E-state index < -0.39 is 37.0 Å². The van der Waals surface area contributed by atoms with Crippen molar-refractivity contribution in [2.75, 3.05) is 32.8 Å². The minimum atomic E-state index is -6.07. The molecule has 0 saturated carbocycles. The monoisotopic (exact) mass is 355 g/mol. The second-order valence-corrected chi connectivity index (χ2v) is 5.21. The fraction of sp³-hybridized carbons (Fsp3) is 0.917. The van der Waals surface area contributed by atoms with E-state index in [9.17, 15) is 35.5 Å². The molecule has 136 valence electrons. The molecule has 23 heavy (non-hydrogen) atoms. The van der Waals surface area contributed by atoms with Crippen molar-refractivity contribution in [2.24, 2.45) is 0 Å². The molecule has 0 radical (unpaired) electrons. The first-order chi connectivity index (χ1) is 10.5. The van der Waals surface area contributed by atoms with Gasteiger partial charge >= 0.3 is 12.1 Å². The van der Waals surface area contributed by atoms with E-state index in [4.69, 9.17) is 4.74 Å². The summed E-state index contributed by atoms with van der Waals surface area (Å²) >= 11 is 0. The number of rotatable bonds is 8. The largest absolute Gasteiger partial charge is 0.463 e. The summed E-state index contributed by atoms with van der Waals surface area (Å²) in [7, 11) is 0. The molecule has 0 aromatic rings. The van der Waals surface area contributed by atoms with Crippen LogP contribution in [0.5, 0.6) is 0 Å². The first-order valence-electron chi connectivity index (χ1n) is 6.68. The molecular formula is C12H16F7NO3. The molecule has 0 spiro atoms. The van der Waals surface area contributed by atoms with Gasteiger partial charge in [0.05, 0.1) is 19.6 Å². The van der Waals surface area contributed by atoms with Crippen molar-refractivity contribution in [3.63, 3.8) is 0 Å². The average Bonchev–Trinajstić information content (AvgIpc) is 2.36. The molecule has 0 aromatic heterocycles. The zero-order chi connectivity index (χ0) is 17.7. The molecule has 4 nitrogen and oxygen atoms in total. The molecule has 1 atom stereocenters. The van der Waals surface area contributed by atoms with E-state index in [2.05, 4.69) is 4.74 Å². The Balaban J connectivity index is 2.67. The third-order valence-corrected chi connectivity index (χ3v) is 3.24. The summed E-state index contributed by atoms with van der Waals surface area (Å²) in [5, 5.41) is 0. The van der Waals surface area contributed by atoms with Crippen molar-refractivity contribution < 1.29 is 45.0 Å². The molecule has 1 fully saturated rings. The van der Waals surface area contributed by atoms with Crippen LogP contribution < -0.4 is 0 Å². The summed E-state index contributed by atoms with van der Waals surface area (Å²) in [5.74, 6) is -9.87. The highest BCUT2D eigenvalue weighted by molar-refractivity contribution is 5.37. The number of hydrogen-bond acceptors (Lipinski definition) is 4. The van der Waals surface area contributed by atoms with Crippen molar-refractivity contribution in [3.8, 4) is 0 Å². The molecular weight excluding hydrogens is 339 g/mol. The normalized spacial score (nSPS) is 19.4. The van der Waals surface area contributed by atoms with Crippen molar-refractivity contribution >= 4 is 6.47 Å². The summed E-state index contributed by atoms with van der Waals surface area (Å²) < 4.78 is 98.2. The fourth-order valence-electron chi connectivity index (χ4n) is 2.14. The maximum atomic E-state index is 13.6. The predicted octanol–water partition coefficient (Wildman–Crippen LogP) is 2.47. The second-order valence-electron chi connectivity index (χ2n) is 5.21. The van der Waals surface area contributed by atoms with E-state index in [0.717, 1.165) is 0 Å². The lowest BCUT2D eigenvalue weighted by atomic mass is 10.0. The predicted molar refractivity (Wildman–Crippen MR) is 63.4 cm³/mol. The van der Waals surface area contributed by atoms with Crippen LogP contribution in [0.1, 0.15) is 12.8 Å². The highest BCUT2D eigenvalue weighted by Crippen LogP contribution is 2.44. The molecule has 0 N–H and O–H groups in total. The number of hydrogen-bond donors (Lipinski definition) is 0. The number of carbonyl (C=O) groups is 1. The molecule has 0 aromatic carbocycles. The van der Waals surface area contributed by atoms with Crippen molar-refractivity contribution in [2.45, 2.75) is 37.0 Å². The minimum absolute atomic E-state index is 0.136. The van der Waals surface area contributed by atoms with Gasteiger partial charge in [0.1, 0.15) is 6.10 Å². The van der Waals surface area contributed by atoms with E-state index in [1.165, 1.54) is 0 Å². The van der Waals surface area contributed by atoms with Gasteiger partial charge in [0.2, 0.25) is 0 Å². The number of morpholine rings is 1. The molecule has 11 heteroatoms. The number of ether oxygens (including phenoxy) is 2. The van der Waals surface area contributed by atoms with E-state index in [1.54, 1.807) is 4.90 Å². The number of halogens is 7. The number of alkyl halides is 7. The lowest BCUT2D eigenvalue weighted by Crippen LogP contribution is -2.46. The van der Waals surface area contributed by atoms with Crippen LogP contribution in [0.3, 0.4) is 0 Å². The van der Waals surface area contributed by atoms with Crippen LogP contribution in [0.15, 0.2) is 0 Å². The van der Waals surface area contributed by atoms with Gasteiger partial charge in [-0.15, -0.1) is 0 Å². The highest BCUT2D eigenvalue weighted by atomic mass is 19.4. The molecule has 1 aliphatic rings. The Kier molecular flexibility index (Phi) is 6.63. The summed E-state index contributed by atoms with van der Waals surface area (Å²) in [6.07, 6.45) is -11.7. The van der Waals surface area contributed by atoms with Gasteiger partial charge in [-0.2, -0.15) is 22.0 Å².